The Morgan fingerprint density at radius 2 is 1.63 bits per heavy atom. The number of rotatable bonds is 9. The zero-order valence-electron chi connectivity index (χ0n) is 21.6. The number of aliphatic hydroxyl groups is 1. The van der Waals surface area contributed by atoms with E-state index in [0.29, 0.717) is 30.7 Å². The van der Waals surface area contributed by atoms with E-state index in [4.69, 9.17) is 4.42 Å². The van der Waals surface area contributed by atoms with E-state index in [-0.39, 0.29) is 22.2 Å². The Labute approximate surface area is 238 Å². The van der Waals surface area contributed by atoms with E-state index in [2.05, 4.69) is 21.4 Å². The van der Waals surface area contributed by atoms with Crippen LogP contribution in [0.4, 0.5) is 14.4 Å². The molecule has 1 unspecified atom stereocenters. The van der Waals surface area contributed by atoms with Gasteiger partial charge in [-0.3, -0.25) is 9.59 Å². The molecule has 3 aromatic rings. The fourth-order valence-electron chi connectivity index (χ4n) is 3.57. The number of nitrogens with one attached hydrogen (secondary N) is 2. The lowest BCUT2D eigenvalue weighted by atomic mass is 10.0. The molecule has 2 aromatic carbocycles. The van der Waals surface area contributed by atoms with Crippen LogP contribution in [0.5, 0.6) is 0 Å². The van der Waals surface area contributed by atoms with Crippen molar-refractivity contribution in [3.63, 3.8) is 0 Å². The molecule has 2 heterocycles. The molecule has 0 radical (unpaired) electrons. The summed E-state index contributed by atoms with van der Waals surface area (Å²) in [5.41, 5.74) is 12.1. The molecule has 0 fully saturated rings. The van der Waals surface area contributed by atoms with Crippen LogP contribution in [0.15, 0.2) is 64.0 Å². The van der Waals surface area contributed by atoms with Gasteiger partial charge in [-0.25, -0.2) is 24.0 Å². The Bertz CT molecular complexity index is 1550. The largest absolute Gasteiger partial charge is 0.495 e. The van der Waals surface area contributed by atoms with Crippen molar-refractivity contribution in [3.05, 3.63) is 77.2 Å². The Morgan fingerprint density at radius 1 is 1.02 bits per heavy atom. The van der Waals surface area contributed by atoms with Crippen LogP contribution in [0, 0.1) is 6.92 Å². The summed E-state index contributed by atoms with van der Waals surface area (Å²) < 4.78 is 29.1. The summed E-state index contributed by atoms with van der Waals surface area (Å²) >= 11 is 1.01. The fourth-order valence-corrected chi connectivity index (χ4v) is 4.98. The molecule has 0 aliphatic carbocycles. The molecule has 0 saturated carbocycles. The van der Waals surface area contributed by atoms with Gasteiger partial charge in [0.05, 0.1) is 10.9 Å². The van der Waals surface area contributed by atoms with Crippen LogP contribution in [0.25, 0.3) is 11.5 Å². The maximum absolute atomic E-state index is 12.6. The van der Waals surface area contributed by atoms with Gasteiger partial charge in [-0.05, 0) is 42.8 Å². The molecule has 14 nitrogen and oxygen atoms in total. The van der Waals surface area contributed by atoms with Crippen LogP contribution >= 0.6 is 11.8 Å². The maximum Gasteiger partial charge on any atom is 0.328 e. The lowest BCUT2D eigenvalue weighted by Gasteiger charge is -2.08. The van der Waals surface area contributed by atoms with Crippen molar-refractivity contribution in [3.8, 4) is 11.5 Å². The number of oxazole rings is 1. The molecule has 16 heteroatoms. The van der Waals surface area contributed by atoms with E-state index in [0.717, 1.165) is 34.3 Å². The molecule has 5 amide bonds. The first kappa shape index (κ1) is 30.8. The summed E-state index contributed by atoms with van der Waals surface area (Å²) in [5, 5.41) is 8.95. The molecule has 7 N–H and O–H groups in total. The van der Waals surface area contributed by atoms with Gasteiger partial charge in [0.15, 0.2) is 5.78 Å². The molecule has 4 rings (SSSR count). The third kappa shape index (κ3) is 9.47. The topological polar surface area (TPSA) is 237 Å². The number of aliphatic imine (C=N–C) groups is 1. The number of ketones is 1. The number of thioether (sulfide) groups is 1. The highest BCUT2D eigenvalue weighted by Gasteiger charge is 2.27. The van der Waals surface area contributed by atoms with Crippen LogP contribution in [0.1, 0.15) is 33.8 Å². The smallest absolute Gasteiger partial charge is 0.328 e. The normalized spacial score (nSPS) is 14.4. The van der Waals surface area contributed by atoms with Gasteiger partial charge in [0.1, 0.15) is 5.76 Å². The molecular formula is C25H26N6O8S2. The van der Waals surface area contributed by atoms with Gasteiger partial charge in [0.2, 0.25) is 11.8 Å². The predicted molar refractivity (Wildman–Crippen MR) is 151 cm³/mol. The number of carbonyl (C=O) groups excluding carboxylic acids is 4. The molecule has 0 bridgehead atoms. The monoisotopic (exact) mass is 602 g/mol. The summed E-state index contributed by atoms with van der Waals surface area (Å²) in [6.07, 6.45) is 1.33. The van der Waals surface area contributed by atoms with E-state index in [1.54, 1.807) is 12.1 Å². The number of nitrogens with two attached hydrogens (primary N) is 2. The lowest BCUT2D eigenvalue weighted by molar-refractivity contribution is 0.0982. The highest BCUT2D eigenvalue weighted by molar-refractivity contribution is 8.15. The highest BCUT2D eigenvalue weighted by Crippen LogP contribution is 2.26. The average Bonchev–Trinajstić information content (AvgIpc) is 3.42. The lowest BCUT2D eigenvalue weighted by Crippen LogP contribution is -2.46. The first-order valence-corrected chi connectivity index (χ1v) is 14.2. The number of hydrogen-bond acceptors (Lipinski definition) is 9. The van der Waals surface area contributed by atoms with Crippen LogP contribution in [-0.4, -0.2) is 52.7 Å². The second kappa shape index (κ2) is 13.6. The van der Waals surface area contributed by atoms with Crippen LogP contribution in [0.3, 0.4) is 0 Å². The summed E-state index contributed by atoms with van der Waals surface area (Å²) in [4.78, 5) is 51.8. The molecule has 0 saturated heterocycles. The second-order valence-electron chi connectivity index (χ2n) is 8.49. The number of benzene rings is 2. The van der Waals surface area contributed by atoms with Gasteiger partial charge in [0.25, 0.3) is 0 Å². The molecule has 1 atom stereocenters. The number of primary amides is 2. The SMILES string of the molecule is Cc1oc(-c2ccccc2)nc1CCC(=O)c1ccc(CC2SC(=O)N=C2O)cc1.NC(=O)NS(=O)(=O)NC(N)=O. The first-order chi connectivity index (χ1) is 19.3. The molecule has 1 aliphatic heterocycles. The minimum Gasteiger partial charge on any atom is -0.495 e. The molecule has 41 heavy (non-hydrogen) atoms. The number of carbonyl (C=O) groups is 4. The zero-order chi connectivity index (χ0) is 30.2. The second-order valence-corrected chi connectivity index (χ2v) is 11.1. The first-order valence-electron chi connectivity index (χ1n) is 11.8. The quantitative estimate of drug-likeness (QED) is 0.224. The van der Waals surface area contributed by atoms with Crippen molar-refractivity contribution < 1.29 is 37.1 Å². The Hall–Kier alpha value is -4.70. The standard InChI is InChI=1S/C23H20N2O4S.C2H6N4O4S/c1-14-18(24-22(29-14)17-5-3-2-4-6-17)11-12-19(26)16-9-7-15(8-10-16)13-20-21(27)25-23(28)30-20;3-1(7)5-11(9,10)6-2(4)8/h2-10,20H,11-13H2,1H3,(H,25,27,28);(H3,3,5,7)(H3,4,6,8). The number of Topliss-reactive ketones (excluding diaryl/α,β-unsaturated/α-hetero) is 1. The molecular weight excluding hydrogens is 576 g/mol. The van der Waals surface area contributed by atoms with E-state index in [1.165, 1.54) is 9.44 Å². The Morgan fingerprint density at radius 3 is 2.17 bits per heavy atom. The van der Waals surface area contributed by atoms with Crippen LogP contribution in [-0.2, 0) is 23.1 Å². The number of aryl methyl sites for hydroxylation is 2. The number of hydrogen-bond donors (Lipinski definition) is 5. The minimum absolute atomic E-state index is 0.0278. The average molecular weight is 603 g/mol. The summed E-state index contributed by atoms with van der Waals surface area (Å²) in [7, 11) is -4.23. The molecule has 0 spiro atoms. The number of amides is 5. The van der Waals surface area contributed by atoms with Crippen molar-refractivity contribution in [2.75, 3.05) is 0 Å². The highest BCUT2D eigenvalue weighted by atomic mass is 32.2. The van der Waals surface area contributed by atoms with E-state index >= 15 is 0 Å². The van der Waals surface area contributed by atoms with Gasteiger partial charge in [-0.1, -0.05) is 42.5 Å². The molecule has 1 aliphatic rings. The van der Waals surface area contributed by atoms with Crippen LogP contribution < -0.4 is 20.9 Å². The third-order valence-electron chi connectivity index (χ3n) is 5.41. The van der Waals surface area contributed by atoms with Gasteiger partial charge < -0.3 is 21.0 Å². The number of nitrogens with zero attached hydrogens (tertiary/aromatic N) is 2. The van der Waals surface area contributed by atoms with Gasteiger partial charge in [-0.15, -0.1) is 0 Å². The maximum atomic E-state index is 12.6. The third-order valence-corrected chi connectivity index (χ3v) is 7.30. The Balaban J connectivity index is 0.000000358. The van der Waals surface area contributed by atoms with E-state index in [9.17, 15) is 32.7 Å². The van der Waals surface area contributed by atoms with Gasteiger partial charge in [0, 0.05) is 24.0 Å². The van der Waals surface area contributed by atoms with Crippen molar-refractivity contribution in [2.24, 2.45) is 16.5 Å². The van der Waals surface area contributed by atoms with E-state index in [1.807, 2.05) is 49.4 Å². The van der Waals surface area contributed by atoms with Gasteiger partial charge >= 0.3 is 27.5 Å². The molecule has 216 valence electrons. The fraction of sp³-hybridized carbons (Fsp3) is 0.200. The van der Waals surface area contributed by atoms with Crippen molar-refractivity contribution in [1.29, 1.82) is 0 Å². The summed E-state index contributed by atoms with van der Waals surface area (Å²) in [5.74, 6) is 1.18. The predicted octanol–water partition coefficient (Wildman–Crippen LogP) is 2.77. The number of urea groups is 2. The van der Waals surface area contributed by atoms with E-state index < -0.39 is 22.3 Å². The van der Waals surface area contributed by atoms with Gasteiger partial charge in [-0.2, -0.15) is 13.4 Å². The number of aliphatic hydroxyl groups excluding tert-OH is 1. The minimum atomic E-state index is -4.23. The van der Waals surface area contributed by atoms with Crippen molar-refractivity contribution in [2.45, 2.75) is 31.4 Å². The van der Waals surface area contributed by atoms with Crippen molar-refractivity contribution >= 4 is 51.0 Å². The molecule has 1 aromatic heterocycles. The zero-order valence-corrected chi connectivity index (χ0v) is 23.2. The van der Waals surface area contributed by atoms with Crippen LogP contribution in [0.2, 0.25) is 0 Å². The Kier molecular flexibility index (Phi) is 10.2. The van der Waals surface area contributed by atoms with Crippen molar-refractivity contribution in [1.82, 2.24) is 14.4 Å². The number of aromatic nitrogens is 1. The summed E-state index contributed by atoms with van der Waals surface area (Å²) in [6.45, 7) is 1.86. The summed E-state index contributed by atoms with van der Waals surface area (Å²) in [6, 6.07) is 14.3.